The third-order valence-electron chi connectivity index (χ3n) is 4.93. The molecule has 34 heavy (non-hydrogen) atoms. The molecule has 1 amide bonds. The number of anilines is 2. The Kier molecular flexibility index (Phi) is 7.91. The van der Waals surface area contributed by atoms with Crippen LogP contribution < -0.4 is 10.6 Å². The zero-order chi connectivity index (χ0) is 24.9. The summed E-state index contributed by atoms with van der Waals surface area (Å²) in [7, 11) is 0. The summed E-state index contributed by atoms with van der Waals surface area (Å²) < 4.78 is 5.33. The van der Waals surface area contributed by atoms with Crippen molar-refractivity contribution in [1.82, 2.24) is 4.98 Å². The second-order valence-electron chi connectivity index (χ2n) is 8.86. The Hall–Kier alpha value is -3.42. The van der Waals surface area contributed by atoms with Crippen molar-refractivity contribution < 1.29 is 14.6 Å². The van der Waals surface area contributed by atoms with E-state index in [1.807, 2.05) is 36.4 Å². The van der Waals surface area contributed by atoms with Crippen molar-refractivity contribution in [2.45, 2.75) is 39.3 Å². The summed E-state index contributed by atoms with van der Waals surface area (Å²) in [4.78, 5) is 16.5. The van der Waals surface area contributed by atoms with E-state index in [0.29, 0.717) is 27.7 Å². The van der Waals surface area contributed by atoms with Gasteiger partial charge in [0, 0.05) is 16.8 Å². The van der Waals surface area contributed by atoms with Crippen LogP contribution >= 0.6 is 11.6 Å². The number of carbonyl (C=O) groups excluding carboxylic acids is 1. The van der Waals surface area contributed by atoms with Crippen molar-refractivity contribution in [3.05, 3.63) is 77.1 Å². The standard InChI is InChI=1S/C26H29ClN4O3/c1-16(28)20-12-18(10-11-22(20)31-25(33)34-26(2,3)4)21-13-19(14-29-24(21)27)30-23(15-32)17-8-6-5-7-9-17/h5-14,23,28,30,32H,15H2,1-4H3,(H,31,33). The van der Waals surface area contributed by atoms with Crippen molar-refractivity contribution in [2.75, 3.05) is 17.2 Å². The first-order chi connectivity index (χ1) is 16.1. The molecule has 0 radical (unpaired) electrons. The van der Waals surface area contributed by atoms with E-state index >= 15 is 0 Å². The van der Waals surface area contributed by atoms with Crippen molar-refractivity contribution in [3.63, 3.8) is 0 Å². The first-order valence-corrected chi connectivity index (χ1v) is 11.2. The number of aliphatic hydroxyl groups is 1. The van der Waals surface area contributed by atoms with Gasteiger partial charge in [-0.15, -0.1) is 0 Å². The smallest absolute Gasteiger partial charge is 0.412 e. The van der Waals surface area contributed by atoms with Crippen LogP contribution in [0.15, 0.2) is 60.8 Å². The second kappa shape index (κ2) is 10.7. The molecule has 0 saturated carbocycles. The molecule has 178 valence electrons. The lowest BCUT2D eigenvalue weighted by molar-refractivity contribution is 0.0636. The van der Waals surface area contributed by atoms with Gasteiger partial charge in [0.15, 0.2) is 0 Å². The van der Waals surface area contributed by atoms with Crippen LogP contribution in [0, 0.1) is 5.41 Å². The van der Waals surface area contributed by atoms with Gasteiger partial charge in [0.1, 0.15) is 10.8 Å². The molecule has 0 bridgehead atoms. The van der Waals surface area contributed by atoms with Crippen LogP contribution in [-0.2, 0) is 4.74 Å². The number of nitrogens with one attached hydrogen (secondary N) is 3. The van der Waals surface area contributed by atoms with Gasteiger partial charge in [-0.25, -0.2) is 9.78 Å². The number of rotatable bonds is 7. The molecule has 1 atom stereocenters. The van der Waals surface area contributed by atoms with Crippen LogP contribution in [-0.4, -0.2) is 34.1 Å². The molecule has 7 nitrogen and oxygen atoms in total. The normalized spacial score (nSPS) is 12.1. The van der Waals surface area contributed by atoms with Gasteiger partial charge in [0.2, 0.25) is 0 Å². The third-order valence-corrected chi connectivity index (χ3v) is 5.24. The number of carbonyl (C=O) groups is 1. The van der Waals surface area contributed by atoms with Crippen molar-refractivity contribution in [2.24, 2.45) is 0 Å². The Labute approximate surface area is 204 Å². The van der Waals surface area contributed by atoms with Crippen LogP contribution in [0.1, 0.15) is 44.9 Å². The lowest BCUT2D eigenvalue weighted by Crippen LogP contribution is -2.27. The van der Waals surface area contributed by atoms with Crippen molar-refractivity contribution in [3.8, 4) is 11.1 Å². The van der Waals surface area contributed by atoms with Gasteiger partial charge in [-0.1, -0.05) is 48.0 Å². The Balaban J connectivity index is 1.91. The van der Waals surface area contributed by atoms with Crippen LogP contribution in [0.4, 0.5) is 16.2 Å². The largest absolute Gasteiger partial charge is 0.444 e. The lowest BCUT2D eigenvalue weighted by Gasteiger charge is -2.21. The van der Waals surface area contributed by atoms with Gasteiger partial charge in [-0.05, 0) is 57.0 Å². The minimum absolute atomic E-state index is 0.0931. The fourth-order valence-electron chi connectivity index (χ4n) is 3.39. The Bertz CT molecular complexity index is 1180. The molecule has 3 rings (SSSR count). The number of nitrogens with zero attached hydrogens (tertiary/aromatic N) is 1. The highest BCUT2D eigenvalue weighted by Crippen LogP contribution is 2.33. The number of amides is 1. The van der Waals surface area contributed by atoms with E-state index < -0.39 is 11.7 Å². The maximum Gasteiger partial charge on any atom is 0.412 e. The molecule has 0 aliphatic rings. The molecule has 0 aliphatic carbocycles. The monoisotopic (exact) mass is 480 g/mol. The van der Waals surface area contributed by atoms with E-state index in [1.165, 1.54) is 0 Å². The highest BCUT2D eigenvalue weighted by Gasteiger charge is 2.19. The number of aliphatic hydroxyl groups excluding tert-OH is 1. The molecule has 4 N–H and O–H groups in total. The van der Waals surface area contributed by atoms with Gasteiger partial charge in [0.25, 0.3) is 0 Å². The molecular formula is C26H29ClN4O3. The molecular weight excluding hydrogens is 452 g/mol. The molecule has 1 heterocycles. The summed E-state index contributed by atoms with van der Waals surface area (Å²) in [6, 6.07) is 16.5. The van der Waals surface area contributed by atoms with Crippen LogP contribution in [0.25, 0.3) is 11.1 Å². The molecule has 0 saturated heterocycles. The molecule has 0 spiro atoms. The van der Waals surface area contributed by atoms with Gasteiger partial charge < -0.3 is 20.6 Å². The average molecular weight is 481 g/mol. The summed E-state index contributed by atoms with van der Waals surface area (Å²) in [5.41, 5.74) is 3.66. The first-order valence-electron chi connectivity index (χ1n) is 10.8. The number of hydrogen-bond donors (Lipinski definition) is 4. The van der Waals surface area contributed by atoms with Crippen LogP contribution in [0.3, 0.4) is 0 Å². The van der Waals surface area contributed by atoms with E-state index in [4.69, 9.17) is 21.7 Å². The predicted octanol–water partition coefficient (Wildman–Crippen LogP) is 6.28. The first kappa shape index (κ1) is 25.2. The summed E-state index contributed by atoms with van der Waals surface area (Å²) in [5.74, 6) is 0. The number of pyridine rings is 1. The zero-order valence-electron chi connectivity index (χ0n) is 19.6. The summed E-state index contributed by atoms with van der Waals surface area (Å²) in [6.07, 6.45) is 1.02. The molecule has 8 heteroatoms. The van der Waals surface area contributed by atoms with E-state index in [2.05, 4.69) is 15.6 Å². The van der Waals surface area contributed by atoms with Gasteiger partial charge >= 0.3 is 6.09 Å². The predicted molar refractivity (Wildman–Crippen MR) is 137 cm³/mol. The molecule has 1 aromatic heterocycles. The van der Waals surface area contributed by atoms with E-state index in [1.54, 1.807) is 52.1 Å². The number of benzene rings is 2. The summed E-state index contributed by atoms with van der Waals surface area (Å²) in [5, 5.41) is 24.4. The minimum atomic E-state index is -0.636. The van der Waals surface area contributed by atoms with Gasteiger partial charge in [-0.2, -0.15) is 0 Å². The van der Waals surface area contributed by atoms with Gasteiger partial charge in [-0.3, -0.25) is 5.32 Å². The summed E-state index contributed by atoms with van der Waals surface area (Å²) >= 11 is 6.42. The SMILES string of the molecule is CC(=N)c1cc(-c2cc(NC(CO)c3ccccc3)cnc2Cl)ccc1NC(=O)OC(C)(C)C. The van der Waals surface area contributed by atoms with E-state index in [0.717, 1.165) is 11.1 Å². The molecule has 1 unspecified atom stereocenters. The number of ether oxygens (including phenoxy) is 1. The van der Waals surface area contributed by atoms with Crippen LogP contribution in [0.5, 0.6) is 0 Å². The highest BCUT2D eigenvalue weighted by atomic mass is 35.5. The maximum atomic E-state index is 12.2. The van der Waals surface area contributed by atoms with Crippen LogP contribution in [0.2, 0.25) is 5.15 Å². The molecule has 3 aromatic rings. The highest BCUT2D eigenvalue weighted by molar-refractivity contribution is 6.32. The fraction of sp³-hybridized carbons (Fsp3) is 0.269. The Morgan fingerprint density at radius 2 is 1.88 bits per heavy atom. The quantitative estimate of drug-likeness (QED) is 0.235. The average Bonchev–Trinajstić information content (AvgIpc) is 2.78. The Morgan fingerprint density at radius 1 is 1.18 bits per heavy atom. The number of hydrogen-bond acceptors (Lipinski definition) is 6. The molecule has 0 fully saturated rings. The second-order valence-corrected chi connectivity index (χ2v) is 9.22. The maximum absolute atomic E-state index is 12.2. The Morgan fingerprint density at radius 3 is 2.50 bits per heavy atom. The van der Waals surface area contributed by atoms with E-state index in [-0.39, 0.29) is 18.4 Å². The lowest BCUT2D eigenvalue weighted by atomic mass is 10.00. The zero-order valence-corrected chi connectivity index (χ0v) is 20.4. The number of halogens is 1. The number of aromatic nitrogens is 1. The molecule has 0 aliphatic heterocycles. The van der Waals surface area contributed by atoms with E-state index in [9.17, 15) is 9.90 Å². The minimum Gasteiger partial charge on any atom is -0.444 e. The topological polar surface area (TPSA) is 107 Å². The molecule has 2 aromatic carbocycles. The fourth-order valence-corrected chi connectivity index (χ4v) is 3.61. The van der Waals surface area contributed by atoms with Crippen molar-refractivity contribution >= 4 is 34.8 Å². The van der Waals surface area contributed by atoms with Crippen molar-refractivity contribution in [1.29, 1.82) is 5.41 Å². The third kappa shape index (κ3) is 6.56. The van der Waals surface area contributed by atoms with Gasteiger partial charge in [0.05, 0.1) is 30.2 Å². The summed E-state index contributed by atoms with van der Waals surface area (Å²) in [6.45, 7) is 6.90.